The van der Waals surface area contributed by atoms with Crippen LogP contribution in [0.4, 0.5) is 14.5 Å². The summed E-state index contributed by atoms with van der Waals surface area (Å²) in [4.78, 5) is 0. The molecule has 2 nitrogen and oxygen atoms in total. The Morgan fingerprint density at radius 3 is 2.50 bits per heavy atom. The topological polar surface area (TPSA) is 32.3 Å². The van der Waals surface area contributed by atoms with Crippen LogP contribution < -0.4 is 5.32 Å². The lowest BCUT2D eigenvalue weighted by atomic mass is 10.0. The molecule has 4 heteroatoms. The largest absolute Gasteiger partial charge is 0.508 e. The van der Waals surface area contributed by atoms with Crippen molar-refractivity contribution in [2.45, 2.75) is 26.3 Å². The van der Waals surface area contributed by atoms with Crippen LogP contribution >= 0.6 is 0 Å². The maximum absolute atomic E-state index is 14.0. The molecule has 20 heavy (non-hydrogen) atoms. The summed E-state index contributed by atoms with van der Waals surface area (Å²) < 4.78 is 27.8. The molecular weight excluding hydrogens is 260 g/mol. The van der Waals surface area contributed by atoms with Gasteiger partial charge in [-0.15, -0.1) is 0 Å². The highest BCUT2D eigenvalue weighted by Crippen LogP contribution is 2.31. The van der Waals surface area contributed by atoms with Gasteiger partial charge in [0.1, 0.15) is 17.3 Å². The lowest BCUT2D eigenvalue weighted by Crippen LogP contribution is -2.13. The molecule has 0 saturated carbocycles. The van der Waals surface area contributed by atoms with Gasteiger partial charge in [0.05, 0.1) is 6.04 Å². The van der Waals surface area contributed by atoms with Gasteiger partial charge in [-0.05, 0) is 31.0 Å². The molecule has 0 aliphatic carbocycles. The minimum absolute atomic E-state index is 0.111. The van der Waals surface area contributed by atoms with Gasteiger partial charge < -0.3 is 10.4 Å². The third kappa shape index (κ3) is 2.74. The quantitative estimate of drug-likeness (QED) is 0.859. The minimum atomic E-state index is -0.637. The molecule has 106 valence electrons. The van der Waals surface area contributed by atoms with Crippen LogP contribution in [0, 0.1) is 18.6 Å². The molecule has 2 rings (SSSR count). The fraction of sp³-hybridized carbons (Fsp3) is 0.250. The Kier molecular flexibility index (Phi) is 4.23. The van der Waals surface area contributed by atoms with Gasteiger partial charge in [-0.3, -0.25) is 0 Å². The van der Waals surface area contributed by atoms with Crippen molar-refractivity contribution < 1.29 is 13.9 Å². The van der Waals surface area contributed by atoms with Crippen LogP contribution in [0.5, 0.6) is 5.75 Å². The average molecular weight is 277 g/mol. The first kappa shape index (κ1) is 14.3. The number of hydrogen-bond donors (Lipinski definition) is 2. The summed E-state index contributed by atoms with van der Waals surface area (Å²) >= 11 is 0. The predicted octanol–water partition coefficient (Wildman–Crippen LogP) is 4.54. The molecule has 0 aromatic heterocycles. The molecule has 2 aromatic rings. The Morgan fingerprint density at radius 1 is 1.15 bits per heavy atom. The van der Waals surface area contributed by atoms with Crippen molar-refractivity contribution in [1.82, 2.24) is 0 Å². The van der Waals surface area contributed by atoms with Gasteiger partial charge in [-0.1, -0.05) is 31.2 Å². The maximum Gasteiger partial charge on any atom is 0.152 e. The van der Waals surface area contributed by atoms with E-state index in [1.54, 1.807) is 31.2 Å². The van der Waals surface area contributed by atoms with E-state index >= 15 is 0 Å². The van der Waals surface area contributed by atoms with E-state index in [2.05, 4.69) is 5.32 Å². The molecule has 0 radical (unpaired) electrons. The zero-order valence-corrected chi connectivity index (χ0v) is 11.5. The van der Waals surface area contributed by atoms with Gasteiger partial charge in [0, 0.05) is 5.56 Å². The number of nitrogens with one attached hydrogen (secondary N) is 1. The van der Waals surface area contributed by atoms with Crippen molar-refractivity contribution in [3.8, 4) is 5.75 Å². The second-order valence-electron chi connectivity index (χ2n) is 4.72. The standard InChI is InChI=1S/C16H17F2NO/c1-3-13(11-6-4-5-7-14(11)20)19-16-12(17)9-8-10(2)15(16)18/h4-9,13,19-20H,3H2,1-2H3. The fourth-order valence-corrected chi connectivity index (χ4v) is 2.15. The van der Waals surface area contributed by atoms with Gasteiger partial charge in [0.2, 0.25) is 0 Å². The van der Waals surface area contributed by atoms with Crippen LogP contribution in [-0.4, -0.2) is 5.11 Å². The van der Waals surface area contributed by atoms with E-state index in [-0.39, 0.29) is 17.5 Å². The van der Waals surface area contributed by atoms with Gasteiger partial charge >= 0.3 is 0 Å². The second kappa shape index (κ2) is 5.90. The Balaban J connectivity index is 2.37. The van der Waals surface area contributed by atoms with E-state index in [1.165, 1.54) is 12.1 Å². The van der Waals surface area contributed by atoms with Gasteiger partial charge in [0.15, 0.2) is 5.82 Å². The summed E-state index contributed by atoms with van der Waals surface area (Å²) in [5.41, 5.74) is 0.844. The van der Waals surface area contributed by atoms with Crippen LogP contribution in [0.15, 0.2) is 36.4 Å². The van der Waals surface area contributed by atoms with Crippen molar-refractivity contribution in [2.75, 3.05) is 5.32 Å². The smallest absolute Gasteiger partial charge is 0.152 e. The predicted molar refractivity (Wildman–Crippen MR) is 75.9 cm³/mol. The number of para-hydroxylation sites is 1. The molecule has 0 fully saturated rings. The summed E-state index contributed by atoms with van der Waals surface area (Å²) in [5.74, 6) is -1.12. The summed E-state index contributed by atoms with van der Waals surface area (Å²) in [6.45, 7) is 3.47. The van der Waals surface area contributed by atoms with E-state index in [1.807, 2.05) is 6.92 Å². The Bertz CT molecular complexity index is 613. The molecule has 0 aliphatic heterocycles. The number of hydrogen-bond acceptors (Lipinski definition) is 2. The molecule has 0 amide bonds. The van der Waals surface area contributed by atoms with E-state index in [0.717, 1.165) is 0 Å². The number of aromatic hydroxyl groups is 1. The number of aryl methyl sites for hydroxylation is 1. The fourth-order valence-electron chi connectivity index (χ4n) is 2.15. The number of rotatable bonds is 4. The van der Waals surface area contributed by atoms with Crippen molar-refractivity contribution >= 4 is 5.69 Å². The van der Waals surface area contributed by atoms with E-state index in [9.17, 15) is 13.9 Å². The van der Waals surface area contributed by atoms with Gasteiger partial charge in [-0.2, -0.15) is 0 Å². The summed E-state index contributed by atoms with van der Waals surface area (Å²) in [7, 11) is 0. The second-order valence-corrected chi connectivity index (χ2v) is 4.72. The lowest BCUT2D eigenvalue weighted by molar-refractivity contribution is 0.462. The van der Waals surface area contributed by atoms with E-state index in [0.29, 0.717) is 17.5 Å². The van der Waals surface area contributed by atoms with Crippen molar-refractivity contribution in [3.05, 3.63) is 59.2 Å². The highest BCUT2D eigenvalue weighted by atomic mass is 19.1. The molecule has 1 atom stereocenters. The summed E-state index contributed by atoms with van der Waals surface area (Å²) in [6.07, 6.45) is 0.588. The number of phenolic OH excluding ortho intramolecular Hbond substituents is 1. The van der Waals surface area contributed by atoms with Gasteiger partial charge in [0.25, 0.3) is 0 Å². The van der Waals surface area contributed by atoms with Gasteiger partial charge in [-0.25, -0.2) is 8.78 Å². The van der Waals surface area contributed by atoms with E-state index < -0.39 is 11.6 Å². The molecule has 0 spiro atoms. The van der Waals surface area contributed by atoms with Crippen LogP contribution in [0.25, 0.3) is 0 Å². The first-order valence-electron chi connectivity index (χ1n) is 6.53. The van der Waals surface area contributed by atoms with Crippen LogP contribution in [-0.2, 0) is 0 Å². The van der Waals surface area contributed by atoms with Crippen molar-refractivity contribution in [3.63, 3.8) is 0 Å². The molecule has 0 bridgehead atoms. The highest BCUT2D eigenvalue weighted by molar-refractivity contribution is 5.51. The molecule has 0 heterocycles. The Labute approximate surface area is 117 Å². The van der Waals surface area contributed by atoms with Crippen molar-refractivity contribution in [2.24, 2.45) is 0 Å². The van der Waals surface area contributed by atoms with Crippen molar-refractivity contribution in [1.29, 1.82) is 0 Å². The molecular formula is C16H17F2NO. The summed E-state index contributed by atoms with van der Waals surface area (Å²) in [5, 5.41) is 12.7. The molecule has 2 N–H and O–H groups in total. The summed E-state index contributed by atoms with van der Waals surface area (Å²) in [6, 6.07) is 9.06. The minimum Gasteiger partial charge on any atom is -0.508 e. The Hall–Kier alpha value is -2.10. The van der Waals surface area contributed by atoms with Crippen LogP contribution in [0.3, 0.4) is 0 Å². The van der Waals surface area contributed by atoms with E-state index in [4.69, 9.17) is 0 Å². The third-order valence-electron chi connectivity index (χ3n) is 3.32. The zero-order chi connectivity index (χ0) is 14.7. The first-order chi connectivity index (χ1) is 9.54. The molecule has 1 unspecified atom stereocenters. The monoisotopic (exact) mass is 277 g/mol. The number of benzene rings is 2. The van der Waals surface area contributed by atoms with Crippen LogP contribution in [0.1, 0.15) is 30.5 Å². The lowest BCUT2D eigenvalue weighted by Gasteiger charge is -2.21. The van der Waals surface area contributed by atoms with Crippen LogP contribution in [0.2, 0.25) is 0 Å². The highest BCUT2D eigenvalue weighted by Gasteiger charge is 2.18. The number of phenols is 1. The first-order valence-corrected chi connectivity index (χ1v) is 6.53. The molecule has 2 aromatic carbocycles. The number of halogens is 2. The Morgan fingerprint density at radius 2 is 1.85 bits per heavy atom. The zero-order valence-electron chi connectivity index (χ0n) is 11.5. The molecule has 0 saturated heterocycles. The maximum atomic E-state index is 14.0. The third-order valence-corrected chi connectivity index (χ3v) is 3.32. The average Bonchev–Trinajstić information content (AvgIpc) is 2.45. The number of anilines is 1. The normalized spacial score (nSPS) is 12.2. The SMILES string of the molecule is CCC(Nc1c(F)ccc(C)c1F)c1ccccc1O. The molecule has 0 aliphatic rings.